The molecule has 3 nitrogen and oxygen atoms in total. The van der Waals surface area contributed by atoms with E-state index in [0.717, 1.165) is 41.9 Å². The first kappa shape index (κ1) is 15.0. The zero-order valence-electron chi connectivity index (χ0n) is 12.3. The summed E-state index contributed by atoms with van der Waals surface area (Å²) in [4.78, 5) is 5.71. The molecule has 5 heteroatoms. The topological polar surface area (TPSA) is 34.1 Å². The zero-order valence-corrected chi connectivity index (χ0v) is 14.7. The summed E-state index contributed by atoms with van der Waals surface area (Å²) >= 11 is 5.35. The Hall–Kier alpha value is -0.910. The van der Waals surface area contributed by atoms with E-state index in [2.05, 4.69) is 52.2 Å². The number of fused-ring (bicyclic) bond motifs is 1. The smallest absolute Gasteiger partial charge is 0.125 e. The highest BCUT2D eigenvalue weighted by molar-refractivity contribution is 9.10. The molecule has 1 aliphatic rings. The van der Waals surface area contributed by atoms with Crippen LogP contribution < -0.4 is 10.1 Å². The molecule has 1 aromatic carbocycles. The largest absolute Gasteiger partial charge is 0.493 e. The lowest BCUT2D eigenvalue weighted by Gasteiger charge is -2.19. The summed E-state index contributed by atoms with van der Waals surface area (Å²) in [6.07, 6.45) is 1.94. The van der Waals surface area contributed by atoms with E-state index in [4.69, 9.17) is 4.74 Å². The SMILES string of the molecule is CCNC(Cc1cc(Br)cc2c1OCC2)c1scnc1C. The van der Waals surface area contributed by atoms with E-state index in [1.807, 2.05) is 5.51 Å². The van der Waals surface area contributed by atoms with Crippen molar-refractivity contribution in [1.82, 2.24) is 10.3 Å². The summed E-state index contributed by atoms with van der Waals surface area (Å²) < 4.78 is 6.99. The van der Waals surface area contributed by atoms with Gasteiger partial charge in [0.1, 0.15) is 5.75 Å². The lowest BCUT2D eigenvalue weighted by molar-refractivity contribution is 0.351. The fourth-order valence-electron chi connectivity index (χ4n) is 2.87. The number of nitrogens with zero attached hydrogens (tertiary/aromatic N) is 1. The number of benzene rings is 1. The molecule has 0 aliphatic carbocycles. The van der Waals surface area contributed by atoms with Gasteiger partial charge in [0.15, 0.2) is 0 Å². The summed E-state index contributed by atoms with van der Waals surface area (Å²) in [5.41, 5.74) is 5.64. The lowest BCUT2D eigenvalue weighted by atomic mass is 10.00. The number of aromatic nitrogens is 1. The van der Waals surface area contributed by atoms with Crippen LogP contribution in [0.1, 0.15) is 34.7 Å². The van der Waals surface area contributed by atoms with E-state index in [1.54, 1.807) is 11.3 Å². The van der Waals surface area contributed by atoms with E-state index < -0.39 is 0 Å². The fraction of sp³-hybridized carbons (Fsp3) is 0.438. The van der Waals surface area contributed by atoms with Crippen LogP contribution >= 0.6 is 27.3 Å². The van der Waals surface area contributed by atoms with Crippen LogP contribution in [-0.4, -0.2) is 18.1 Å². The third-order valence-electron chi connectivity index (χ3n) is 3.80. The van der Waals surface area contributed by atoms with Gasteiger partial charge in [-0.1, -0.05) is 22.9 Å². The Kier molecular flexibility index (Phi) is 4.62. The summed E-state index contributed by atoms with van der Waals surface area (Å²) in [5.74, 6) is 1.09. The number of likely N-dealkylation sites (N-methyl/N-ethyl adjacent to an activating group) is 1. The number of aryl methyl sites for hydroxylation is 1. The number of ether oxygens (including phenoxy) is 1. The second-order valence-corrected chi connectivity index (χ2v) is 7.07. The maximum absolute atomic E-state index is 5.85. The number of thiazole rings is 1. The molecule has 1 aliphatic heterocycles. The molecule has 0 amide bonds. The Morgan fingerprint density at radius 1 is 1.48 bits per heavy atom. The van der Waals surface area contributed by atoms with Gasteiger partial charge in [0, 0.05) is 21.8 Å². The molecule has 0 saturated heterocycles. The monoisotopic (exact) mass is 366 g/mol. The van der Waals surface area contributed by atoms with Gasteiger partial charge < -0.3 is 10.1 Å². The summed E-state index contributed by atoms with van der Waals surface area (Å²) in [7, 11) is 0. The highest BCUT2D eigenvalue weighted by Crippen LogP contribution is 2.36. The van der Waals surface area contributed by atoms with Crippen molar-refractivity contribution in [2.45, 2.75) is 32.7 Å². The molecule has 1 N–H and O–H groups in total. The average Bonchev–Trinajstić information content (AvgIpc) is 3.06. The van der Waals surface area contributed by atoms with E-state index in [-0.39, 0.29) is 0 Å². The van der Waals surface area contributed by atoms with Crippen LogP contribution in [0, 0.1) is 6.92 Å². The van der Waals surface area contributed by atoms with Gasteiger partial charge in [-0.15, -0.1) is 11.3 Å². The van der Waals surface area contributed by atoms with Crippen molar-refractivity contribution in [3.63, 3.8) is 0 Å². The van der Waals surface area contributed by atoms with Gasteiger partial charge in [0.2, 0.25) is 0 Å². The highest BCUT2D eigenvalue weighted by Gasteiger charge is 2.22. The molecule has 0 fully saturated rings. The van der Waals surface area contributed by atoms with E-state index in [9.17, 15) is 0 Å². The Morgan fingerprint density at radius 3 is 3.05 bits per heavy atom. The van der Waals surface area contributed by atoms with Crippen LogP contribution in [0.25, 0.3) is 0 Å². The molecule has 1 unspecified atom stereocenters. The first-order chi connectivity index (χ1) is 10.2. The van der Waals surface area contributed by atoms with Crippen LogP contribution in [0.3, 0.4) is 0 Å². The second kappa shape index (κ2) is 6.46. The molecule has 0 radical (unpaired) electrons. The molecule has 112 valence electrons. The second-order valence-electron chi connectivity index (χ2n) is 5.27. The third kappa shape index (κ3) is 3.15. The van der Waals surface area contributed by atoms with Gasteiger partial charge in [-0.25, -0.2) is 4.98 Å². The minimum Gasteiger partial charge on any atom is -0.493 e. The third-order valence-corrected chi connectivity index (χ3v) is 5.30. The molecular formula is C16H19BrN2OS. The maximum atomic E-state index is 5.85. The van der Waals surface area contributed by atoms with Crippen LogP contribution in [-0.2, 0) is 12.8 Å². The molecule has 1 atom stereocenters. The molecule has 2 aromatic rings. The van der Waals surface area contributed by atoms with Gasteiger partial charge in [0.25, 0.3) is 0 Å². The Morgan fingerprint density at radius 2 is 2.33 bits per heavy atom. The molecule has 3 rings (SSSR count). The van der Waals surface area contributed by atoms with E-state index in [1.165, 1.54) is 16.0 Å². The van der Waals surface area contributed by atoms with Gasteiger partial charge in [-0.2, -0.15) is 0 Å². The van der Waals surface area contributed by atoms with Crippen molar-refractivity contribution in [1.29, 1.82) is 0 Å². The van der Waals surface area contributed by atoms with Gasteiger partial charge >= 0.3 is 0 Å². The molecular weight excluding hydrogens is 348 g/mol. The van der Waals surface area contributed by atoms with Gasteiger partial charge in [-0.05, 0) is 43.1 Å². The fourth-order valence-corrected chi connectivity index (χ4v) is 4.30. The number of rotatable bonds is 5. The summed E-state index contributed by atoms with van der Waals surface area (Å²) in [5, 5.41) is 3.58. The van der Waals surface area contributed by atoms with Gasteiger partial charge in [0.05, 0.1) is 17.8 Å². The van der Waals surface area contributed by atoms with Gasteiger partial charge in [-0.3, -0.25) is 0 Å². The Bertz CT molecular complexity index is 641. The van der Waals surface area contributed by atoms with Crippen LogP contribution in [0.4, 0.5) is 0 Å². The number of nitrogens with one attached hydrogen (secondary N) is 1. The molecule has 1 aromatic heterocycles. The molecule has 0 saturated carbocycles. The van der Waals surface area contributed by atoms with Crippen molar-refractivity contribution < 1.29 is 4.74 Å². The first-order valence-corrected chi connectivity index (χ1v) is 8.93. The van der Waals surface area contributed by atoms with Crippen molar-refractivity contribution >= 4 is 27.3 Å². The van der Waals surface area contributed by atoms with Crippen molar-refractivity contribution in [3.05, 3.63) is 43.8 Å². The molecule has 0 spiro atoms. The highest BCUT2D eigenvalue weighted by atomic mass is 79.9. The standard InChI is InChI=1S/C16H19BrN2OS/c1-3-18-14(16-10(2)19-9-21-16)8-12-7-13(17)6-11-4-5-20-15(11)12/h6-7,9,14,18H,3-5,8H2,1-2H3. The number of hydrogen-bond acceptors (Lipinski definition) is 4. The van der Waals surface area contributed by atoms with Crippen molar-refractivity contribution in [3.8, 4) is 5.75 Å². The molecule has 0 bridgehead atoms. The molecule has 21 heavy (non-hydrogen) atoms. The zero-order chi connectivity index (χ0) is 14.8. The summed E-state index contributed by atoms with van der Waals surface area (Å²) in [6, 6.07) is 4.65. The minimum absolute atomic E-state index is 0.296. The van der Waals surface area contributed by atoms with E-state index >= 15 is 0 Å². The lowest BCUT2D eigenvalue weighted by Crippen LogP contribution is -2.23. The Labute approximate surface area is 137 Å². The minimum atomic E-state index is 0.296. The van der Waals surface area contributed by atoms with Crippen LogP contribution in [0.2, 0.25) is 0 Å². The normalized spacial score (nSPS) is 14.8. The van der Waals surface area contributed by atoms with Crippen LogP contribution in [0.15, 0.2) is 22.1 Å². The number of hydrogen-bond donors (Lipinski definition) is 1. The number of halogens is 1. The maximum Gasteiger partial charge on any atom is 0.125 e. The van der Waals surface area contributed by atoms with Crippen molar-refractivity contribution in [2.75, 3.05) is 13.2 Å². The summed E-state index contributed by atoms with van der Waals surface area (Å²) in [6.45, 7) is 5.96. The first-order valence-electron chi connectivity index (χ1n) is 7.26. The predicted molar refractivity (Wildman–Crippen MR) is 90.3 cm³/mol. The average molecular weight is 367 g/mol. The Balaban J connectivity index is 1.92. The quantitative estimate of drug-likeness (QED) is 0.866. The predicted octanol–water partition coefficient (Wildman–Crippen LogP) is 4.04. The van der Waals surface area contributed by atoms with E-state index in [0.29, 0.717) is 6.04 Å². The molecule has 2 heterocycles. The van der Waals surface area contributed by atoms with Crippen molar-refractivity contribution in [2.24, 2.45) is 0 Å². The van der Waals surface area contributed by atoms with Crippen LogP contribution in [0.5, 0.6) is 5.75 Å².